The van der Waals surface area contributed by atoms with Gasteiger partial charge in [-0.2, -0.15) is 0 Å². The molecule has 0 radical (unpaired) electrons. The summed E-state index contributed by atoms with van der Waals surface area (Å²) >= 11 is 0. The van der Waals surface area contributed by atoms with E-state index >= 15 is 0 Å². The normalized spacial score (nSPS) is 11.1. The topological polar surface area (TPSA) is 77.8 Å². The zero-order valence-electron chi connectivity index (χ0n) is 8.00. The zero-order chi connectivity index (χ0) is 11.3. The van der Waals surface area contributed by atoms with Crippen molar-refractivity contribution >= 4 is 5.78 Å². The van der Waals surface area contributed by atoms with Crippen molar-refractivity contribution in [2.45, 2.75) is 12.7 Å². The first-order chi connectivity index (χ1) is 7.09. The lowest BCUT2D eigenvalue weighted by molar-refractivity contribution is 0.00221. The van der Waals surface area contributed by atoms with E-state index in [9.17, 15) is 4.79 Å². The lowest BCUT2D eigenvalue weighted by Crippen LogP contribution is -2.00. The van der Waals surface area contributed by atoms with Crippen molar-refractivity contribution < 1.29 is 20.1 Å². The van der Waals surface area contributed by atoms with Gasteiger partial charge in [0.1, 0.15) is 5.75 Å². The predicted octanol–water partition coefficient (Wildman–Crippen LogP) is 0.832. The monoisotopic (exact) mass is 208 g/mol. The largest absolute Gasteiger partial charge is 0.508 e. The first kappa shape index (κ1) is 11.4. The quantitative estimate of drug-likeness (QED) is 0.389. The van der Waals surface area contributed by atoms with Crippen molar-refractivity contribution in [1.29, 1.82) is 0 Å². The second-order valence-corrected chi connectivity index (χ2v) is 3.02. The maximum Gasteiger partial charge on any atom is 0.171 e. The van der Waals surface area contributed by atoms with Crippen LogP contribution in [0.4, 0.5) is 0 Å². The molecule has 0 unspecified atom stereocenters. The molecule has 4 nitrogen and oxygen atoms in total. The van der Waals surface area contributed by atoms with Crippen molar-refractivity contribution in [1.82, 2.24) is 0 Å². The lowest BCUT2D eigenvalue weighted by atomic mass is 10.1. The molecule has 0 aliphatic carbocycles. The minimum atomic E-state index is -1.53. The van der Waals surface area contributed by atoms with Crippen molar-refractivity contribution in [3.63, 3.8) is 0 Å². The fraction of sp³-hybridized carbons (Fsp3) is 0.182. The lowest BCUT2D eigenvalue weighted by Gasteiger charge is -1.98. The van der Waals surface area contributed by atoms with Crippen LogP contribution in [0.15, 0.2) is 36.4 Å². The SMILES string of the molecule is O=C(CC=CC(O)O)c1ccc(O)cc1. The number of benzene rings is 1. The average molecular weight is 208 g/mol. The van der Waals surface area contributed by atoms with Gasteiger partial charge in [0.25, 0.3) is 0 Å². The molecule has 0 amide bonds. The van der Waals surface area contributed by atoms with Crippen LogP contribution in [0, 0.1) is 0 Å². The number of phenols is 1. The Bertz CT molecular complexity index is 351. The van der Waals surface area contributed by atoms with Crippen molar-refractivity contribution in [2.24, 2.45) is 0 Å². The number of aliphatic hydroxyl groups excluding tert-OH is 1. The maximum atomic E-state index is 11.4. The molecule has 15 heavy (non-hydrogen) atoms. The van der Waals surface area contributed by atoms with E-state index < -0.39 is 6.29 Å². The zero-order valence-corrected chi connectivity index (χ0v) is 8.00. The van der Waals surface area contributed by atoms with Gasteiger partial charge in [-0.15, -0.1) is 0 Å². The minimum Gasteiger partial charge on any atom is -0.508 e. The van der Waals surface area contributed by atoms with Gasteiger partial charge in [0.2, 0.25) is 0 Å². The van der Waals surface area contributed by atoms with Crippen LogP contribution in [-0.2, 0) is 0 Å². The Hall–Kier alpha value is -1.65. The highest BCUT2D eigenvalue weighted by Gasteiger charge is 2.03. The number of allylic oxidation sites excluding steroid dienone is 1. The number of aliphatic hydroxyl groups is 2. The molecule has 1 aromatic rings. The molecule has 0 aliphatic heterocycles. The van der Waals surface area contributed by atoms with Gasteiger partial charge in [-0.25, -0.2) is 0 Å². The third-order valence-corrected chi connectivity index (χ3v) is 1.80. The van der Waals surface area contributed by atoms with E-state index in [1.54, 1.807) is 0 Å². The summed E-state index contributed by atoms with van der Waals surface area (Å²) < 4.78 is 0. The number of hydrogen-bond acceptors (Lipinski definition) is 4. The molecule has 0 fully saturated rings. The van der Waals surface area contributed by atoms with E-state index in [1.165, 1.54) is 30.3 Å². The maximum absolute atomic E-state index is 11.4. The average Bonchev–Trinajstić information content (AvgIpc) is 2.18. The Kier molecular flexibility index (Phi) is 4.03. The van der Waals surface area contributed by atoms with Crippen molar-refractivity contribution in [3.8, 4) is 5.75 Å². The van der Waals surface area contributed by atoms with E-state index in [0.29, 0.717) is 5.56 Å². The van der Waals surface area contributed by atoms with E-state index in [0.717, 1.165) is 6.08 Å². The van der Waals surface area contributed by atoms with Gasteiger partial charge in [-0.05, 0) is 30.3 Å². The first-order valence-corrected chi connectivity index (χ1v) is 4.44. The Morgan fingerprint density at radius 2 is 1.87 bits per heavy atom. The molecule has 0 atom stereocenters. The predicted molar refractivity (Wildman–Crippen MR) is 54.4 cm³/mol. The number of ketones is 1. The molecular weight excluding hydrogens is 196 g/mol. The Labute approximate surface area is 87.1 Å². The smallest absolute Gasteiger partial charge is 0.171 e. The summed E-state index contributed by atoms with van der Waals surface area (Å²) in [7, 11) is 0. The molecule has 0 heterocycles. The molecule has 80 valence electrons. The van der Waals surface area contributed by atoms with E-state index in [4.69, 9.17) is 15.3 Å². The summed E-state index contributed by atoms with van der Waals surface area (Å²) in [5, 5.41) is 26.0. The van der Waals surface area contributed by atoms with Gasteiger partial charge in [0.15, 0.2) is 12.1 Å². The van der Waals surface area contributed by atoms with E-state index in [2.05, 4.69) is 0 Å². The number of hydrogen-bond donors (Lipinski definition) is 3. The number of carbonyl (C=O) groups is 1. The van der Waals surface area contributed by atoms with Gasteiger partial charge in [0, 0.05) is 12.0 Å². The van der Waals surface area contributed by atoms with Crippen LogP contribution >= 0.6 is 0 Å². The highest BCUT2D eigenvalue weighted by atomic mass is 16.5. The van der Waals surface area contributed by atoms with Gasteiger partial charge < -0.3 is 15.3 Å². The standard InChI is InChI=1S/C11H12O4/c12-9-6-4-8(5-7-9)10(13)2-1-3-11(14)15/h1,3-7,11-12,14-15H,2H2. The van der Waals surface area contributed by atoms with Crippen LogP contribution in [0.1, 0.15) is 16.8 Å². The third-order valence-electron chi connectivity index (χ3n) is 1.80. The summed E-state index contributed by atoms with van der Waals surface area (Å²) in [6.07, 6.45) is 1.08. The van der Waals surface area contributed by atoms with Crippen LogP contribution in [-0.4, -0.2) is 27.4 Å². The number of carbonyl (C=O) groups excluding carboxylic acids is 1. The highest BCUT2D eigenvalue weighted by molar-refractivity contribution is 5.97. The van der Waals surface area contributed by atoms with Crippen LogP contribution in [0.5, 0.6) is 5.75 Å². The molecule has 0 spiro atoms. The summed E-state index contributed by atoms with van der Waals surface area (Å²) in [4.78, 5) is 11.4. The number of phenolic OH excluding ortho intramolecular Hbond substituents is 1. The Balaban J connectivity index is 2.58. The Morgan fingerprint density at radius 1 is 1.27 bits per heavy atom. The number of aromatic hydroxyl groups is 1. The molecular formula is C11H12O4. The third kappa shape index (κ3) is 3.93. The van der Waals surface area contributed by atoms with Crippen LogP contribution in [0.3, 0.4) is 0 Å². The van der Waals surface area contributed by atoms with E-state index in [-0.39, 0.29) is 18.0 Å². The second kappa shape index (κ2) is 5.29. The molecule has 0 aromatic heterocycles. The molecule has 0 saturated heterocycles. The van der Waals surface area contributed by atoms with Crippen LogP contribution in [0.2, 0.25) is 0 Å². The van der Waals surface area contributed by atoms with Gasteiger partial charge in [-0.3, -0.25) is 4.79 Å². The Morgan fingerprint density at radius 3 is 2.40 bits per heavy atom. The molecule has 0 bridgehead atoms. The van der Waals surface area contributed by atoms with Gasteiger partial charge in [-0.1, -0.05) is 6.08 Å². The van der Waals surface area contributed by atoms with Crippen molar-refractivity contribution in [2.75, 3.05) is 0 Å². The molecule has 1 rings (SSSR count). The summed E-state index contributed by atoms with van der Waals surface area (Å²) in [6.45, 7) is 0. The van der Waals surface area contributed by atoms with Crippen LogP contribution < -0.4 is 0 Å². The van der Waals surface area contributed by atoms with Gasteiger partial charge in [0.05, 0.1) is 0 Å². The summed E-state index contributed by atoms with van der Waals surface area (Å²) in [5.41, 5.74) is 0.477. The molecule has 0 saturated carbocycles. The van der Waals surface area contributed by atoms with E-state index in [1.807, 2.05) is 0 Å². The van der Waals surface area contributed by atoms with Gasteiger partial charge >= 0.3 is 0 Å². The summed E-state index contributed by atoms with van der Waals surface area (Å²) in [6, 6.07) is 5.89. The minimum absolute atomic E-state index is 0.0996. The first-order valence-electron chi connectivity index (χ1n) is 4.44. The molecule has 1 aromatic carbocycles. The number of rotatable bonds is 4. The second-order valence-electron chi connectivity index (χ2n) is 3.02. The fourth-order valence-corrected chi connectivity index (χ4v) is 1.06. The summed E-state index contributed by atoms with van der Waals surface area (Å²) in [5.74, 6) is -0.0419. The molecule has 4 heteroatoms. The molecule has 0 aliphatic rings. The molecule has 3 N–H and O–H groups in total. The van der Waals surface area contributed by atoms with Crippen LogP contribution in [0.25, 0.3) is 0 Å². The fourth-order valence-electron chi connectivity index (χ4n) is 1.06. The van der Waals surface area contributed by atoms with Crippen molar-refractivity contribution in [3.05, 3.63) is 42.0 Å². The highest BCUT2D eigenvalue weighted by Crippen LogP contribution is 2.11. The number of Topliss-reactive ketones (excluding diaryl/α,β-unsaturated/α-hetero) is 1.